The van der Waals surface area contributed by atoms with E-state index in [0.29, 0.717) is 16.4 Å². The largest absolute Gasteiger partial charge is 0.326 e. The van der Waals surface area contributed by atoms with Gasteiger partial charge in [0.15, 0.2) is 0 Å². The lowest BCUT2D eigenvalue weighted by atomic mass is 10.1. The molecule has 0 heterocycles. The second kappa shape index (κ2) is 8.10. The standard InChI is InChI=1S/C19H23ClN2O3S/c1-13-5-7-16(11-15(13)3)21-19(23)9-10-22(26(4,24)25)17-8-6-14(2)18(20)12-17/h5-8,11-12H,9-10H2,1-4H3,(H,21,23). The van der Waals surface area contributed by atoms with E-state index in [2.05, 4.69) is 5.32 Å². The highest BCUT2D eigenvalue weighted by Gasteiger charge is 2.19. The normalized spacial score (nSPS) is 11.3. The molecular formula is C19H23ClN2O3S. The molecule has 0 saturated carbocycles. The maximum absolute atomic E-state index is 12.2. The smallest absolute Gasteiger partial charge is 0.232 e. The zero-order valence-electron chi connectivity index (χ0n) is 15.3. The Balaban J connectivity index is 2.10. The van der Waals surface area contributed by atoms with E-state index in [1.54, 1.807) is 18.2 Å². The van der Waals surface area contributed by atoms with Crippen molar-refractivity contribution in [3.8, 4) is 0 Å². The fourth-order valence-corrected chi connectivity index (χ4v) is 3.56. The van der Waals surface area contributed by atoms with Crippen LogP contribution in [0.4, 0.5) is 11.4 Å². The molecule has 2 rings (SSSR count). The highest BCUT2D eigenvalue weighted by Crippen LogP contribution is 2.25. The van der Waals surface area contributed by atoms with Crippen LogP contribution in [0.25, 0.3) is 0 Å². The van der Waals surface area contributed by atoms with E-state index in [9.17, 15) is 13.2 Å². The minimum Gasteiger partial charge on any atom is -0.326 e. The van der Waals surface area contributed by atoms with Gasteiger partial charge >= 0.3 is 0 Å². The fourth-order valence-electron chi connectivity index (χ4n) is 2.47. The first-order valence-electron chi connectivity index (χ1n) is 8.19. The number of carbonyl (C=O) groups is 1. The van der Waals surface area contributed by atoms with Crippen LogP contribution in [-0.2, 0) is 14.8 Å². The van der Waals surface area contributed by atoms with Gasteiger partial charge in [0.1, 0.15) is 0 Å². The van der Waals surface area contributed by atoms with Crippen molar-refractivity contribution < 1.29 is 13.2 Å². The fraction of sp³-hybridized carbons (Fsp3) is 0.316. The van der Waals surface area contributed by atoms with Crippen LogP contribution in [0.2, 0.25) is 5.02 Å². The Morgan fingerprint density at radius 1 is 1.04 bits per heavy atom. The summed E-state index contributed by atoms with van der Waals surface area (Å²) in [5.74, 6) is -0.250. The Kier molecular flexibility index (Phi) is 6.31. The van der Waals surface area contributed by atoms with Gasteiger partial charge in [0.2, 0.25) is 15.9 Å². The predicted molar refractivity (Wildman–Crippen MR) is 108 cm³/mol. The van der Waals surface area contributed by atoms with Gasteiger partial charge in [0.05, 0.1) is 11.9 Å². The van der Waals surface area contributed by atoms with Gasteiger partial charge in [0, 0.05) is 23.7 Å². The Morgan fingerprint density at radius 3 is 2.27 bits per heavy atom. The second-order valence-electron chi connectivity index (χ2n) is 6.37. The van der Waals surface area contributed by atoms with Crippen LogP contribution < -0.4 is 9.62 Å². The number of benzene rings is 2. The lowest BCUT2D eigenvalue weighted by molar-refractivity contribution is -0.116. The van der Waals surface area contributed by atoms with Crippen LogP contribution in [-0.4, -0.2) is 27.1 Å². The van der Waals surface area contributed by atoms with Gasteiger partial charge in [-0.15, -0.1) is 0 Å². The number of aryl methyl sites for hydroxylation is 3. The molecule has 0 aromatic heterocycles. The minimum absolute atomic E-state index is 0.0332. The molecule has 7 heteroatoms. The third kappa shape index (κ3) is 5.22. The number of rotatable bonds is 6. The molecule has 0 aliphatic rings. The molecular weight excluding hydrogens is 372 g/mol. The van der Waals surface area contributed by atoms with Crippen molar-refractivity contribution in [1.82, 2.24) is 0 Å². The lowest BCUT2D eigenvalue weighted by Gasteiger charge is -2.22. The molecule has 0 fully saturated rings. The summed E-state index contributed by atoms with van der Waals surface area (Å²) in [6.45, 7) is 5.85. The summed E-state index contributed by atoms with van der Waals surface area (Å²) in [7, 11) is -3.53. The highest BCUT2D eigenvalue weighted by molar-refractivity contribution is 7.92. The first-order valence-corrected chi connectivity index (χ1v) is 10.4. The van der Waals surface area contributed by atoms with Crippen LogP contribution in [0, 0.1) is 20.8 Å². The van der Waals surface area contributed by atoms with Crippen LogP contribution >= 0.6 is 11.6 Å². The van der Waals surface area contributed by atoms with Crippen LogP contribution in [0.15, 0.2) is 36.4 Å². The minimum atomic E-state index is -3.53. The number of carbonyl (C=O) groups excluding carboxylic acids is 1. The molecule has 0 radical (unpaired) electrons. The summed E-state index contributed by atoms with van der Waals surface area (Å²) in [6.07, 6.45) is 1.15. The van der Waals surface area contributed by atoms with Gasteiger partial charge in [-0.3, -0.25) is 9.10 Å². The Morgan fingerprint density at radius 2 is 1.69 bits per heavy atom. The third-order valence-corrected chi connectivity index (χ3v) is 5.78. The molecule has 2 aromatic rings. The summed E-state index contributed by atoms with van der Waals surface area (Å²) in [4.78, 5) is 12.2. The Bertz CT molecular complexity index is 926. The number of halogens is 1. The number of hydrogen-bond donors (Lipinski definition) is 1. The molecule has 1 N–H and O–H groups in total. The quantitative estimate of drug-likeness (QED) is 0.803. The average Bonchev–Trinajstić information content (AvgIpc) is 2.53. The molecule has 0 aliphatic carbocycles. The van der Waals surface area contributed by atoms with Crippen molar-refractivity contribution in [3.05, 3.63) is 58.1 Å². The van der Waals surface area contributed by atoms with E-state index in [-0.39, 0.29) is 18.9 Å². The number of amides is 1. The summed E-state index contributed by atoms with van der Waals surface area (Å²) in [6, 6.07) is 10.7. The van der Waals surface area contributed by atoms with Gasteiger partial charge in [-0.25, -0.2) is 8.42 Å². The predicted octanol–water partition coefficient (Wildman–Crippen LogP) is 4.06. The maximum Gasteiger partial charge on any atom is 0.232 e. The summed E-state index contributed by atoms with van der Waals surface area (Å²) in [5.41, 5.74) is 4.22. The van der Waals surface area contributed by atoms with Crippen LogP contribution in [0.3, 0.4) is 0 Å². The van der Waals surface area contributed by atoms with E-state index < -0.39 is 10.0 Å². The van der Waals surface area contributed by atoms with E-state index in [0.717, 1.165) is 22.9 Å². The van der Waals surface area contributed by atoms with Crippen molar-refractivity contribution in [3.63, 3.8) is 0 Å². The molecule has 1 amide bonds. The Hall–Kier alpha value is -2.05. The third-order valence-electron chi connectivity index (χ3n) is 4.18. The first-order chi connectivity index (χ1) is 12.1. The van der Waals surface area contributed by atoms with Gasteiger partial charge in [-0.1, -0.05) is 23.7 Å². The number of nitrogens with one attached hydrogen (secondary N) is 1. The molecule has 0 spiro atoms. The van der Waals surface area contributed by atoms with Crippen molar-refractivity contribution in [1.29, 1.82) is 0 Å². The highest BCUT2D eigenvalue weighted by atomic mass is 35.5. The van der Waals surface area contributed by atoms with Crippen LogP contribution in [0.1, 0.15) is 23.1 Å². The van der Waals surface area contributed by atoms with Crippen molar-refractivity contribution >= 4 is 38.9 Å². The van der Waals surface area contributed by atoms with Crippen molar-refractivity contribution in [2.45, 2.75) is 27.2 Å². The van der Waals surface area contributed by atoms with Gasteiger partial charge in [-0.05, 0) is 61.7 Å². The molecule has 0 atom stereocenters. The molecule has 0 aliphatic heterocycles. The zero-order chi connectivity index (χ0) is 19.5. The summed E-state index contributed by atoms with van der Waals surface area (Å²) < 4.78 is 25.5. The van der Waals surface area contributed by atoms with Gasteiger partial charge in [-0.2, -0.15) is 0 Å². The average molecular weight is 395 g/mol. The molecule has 26 heavy (non-hydrogen) atoms. The van der Waals surface area contributed by atoms with E-state index >= 15 is 0 Å². The maximum atomic E-state index is 12.2. The van der Waals surface area contributed by atoms with Crippen LogP contribution in [0.5, 0.6) is 0 Å². The summed E-state index contributed by atoms with van der Waals surface area (Å²) in [5, 5.41) is 3.28. The number of hydrogen-bond acceptors (Lipinski definition) is 3. The van der Waals surface area contributed by atoms with Crippen molar-refractivity contribution in [2.24, 2.45) is 0 Å². The van der Waals surface area contributed by atoms with Gasteiger partial charge < -0.3 is 5.32 Å². The van der Waals surface area contributed by atoms with Crippen molar-refractivity contribution in [2.75, 3.05) is 22.4 Å². The molecule has 140 valence electrons. The molecule has 5 nitrogen and oxygen atoms in total. The lowest BCUT2D eigenvalue weighted by Crippen LogP contribution is -2.33. The van der Waals surface area contributed by atoms with Gasteiger partial charge in [0.25, 0.3) is 0 Å². The SMILES string of the molecule is Cc1ccc(NC(=O)CCN(c2ccc(C)c(Cl)c2)S(C)(=O)=O)cc1C. The monoisotopic (exact) mass is 394 g/mol. The van der Waals surface area contributed by atoms with E-state index in [1.165, 1.54) is 4.31 Å². The number of nitrogens with zero attached hydrogens (tertiary/aromatic N) is 1. The first kappa shape index (κ1) is 20.3. The molecule has 0 saturated heterocycles. The molecule has 2 aromatic carbocycles. The van der Waals surface area contributed by atoms with E-state index in [1.807, 2.05) is 39.0 Å². The van der Waals surface area contributed by atoms with E-state index in [4.69, 9.17) is 11.6 Å². The Labute approximate surface area is 160 Å². The topological polar surface area (TPSA) is 66.5 Å². The summed E-state index contributed by atoms with van der Waals surface area (Å²) >= 11 is 6.10. The molecule has 0 unspecified atom stereocenters. The second-order valence-corrected chi connectivity index (χ2v) is 8.68. The number of sulfonamides is 1. The zero-order valence-corrected chi connectivity index (χ0v) is 16.9. The number of anilines is 2. The molecule has 0 bridgehead atoms.